The van der Waals surface area contributed by atoms with Crippen LogP contribution in [0.3, 0.4) is 0 Å². The van der Waals surface area contributed by atoms with Crippen molar-refractivity contribution in [1.29, 1.82) is 0 Å². The largest absolute Gasteiger partial charge is 0.475 e. The number of hydrogen-bond donors (Lipinski definition) is 2. The van der Waals surface area contributed by atoms with E-state index in [1.54, 1.807) is 0 Å². The first kappa shape index (κ1) is 20.6. The molecule has 0 radical (unpaired) electrons. The molecule has 0 spiro atoms. The van der Waals surface area contributed by atoms with Gasteiger partial charge in [-0.2, -0.15) is 8.78 Å². The van der Waals surface area contributed by atoms with Crippen molar-refractivity contribution in [1.82, 2.24) is 15.2 Å². The van der Waals surface area contributed by atoms with E-state index in [1.165, 1.54) is 24.3 Å². The third-order valence-electron chi connectivity index (χ3n) is 5.09. The molecule has 5 rings (SSSR count). The van der Waals surface area contributed by atoms with Gasteiger partial charge in [-0.05, 0) is 37.4 Å². The number of benzene rings is 1. The second-order valence-electron chi connectivity index (χ2n) is 7.31. The van der Waals surface area contributed by atoms with E-state index in [0.29, 0.717) is 23.3 Å². The molecule has 3 aliphatic heterocycles. The zero-order valence-electron chi connectivity index (χ0n) is 16.0. The van der Waals surface area contributed by atoms with Crippen LogP contribution in [0.5, 0.6) is 11.5 Å². The van der Waals surface area contributed by atoms with Crippen LogP contribution in [0.2, 0.25) is 0 Å². The molecule has 0 aliphatic carbocycles. The lowest BCUT2D eigenvalue weighted by molar-refractivity contribution is -0.200. The maximum atomic E-state index is 13.6. The molecule has 3 fully saturated rings. The van der Waals surface area contributed by atoms with Gasteiger partial charge in [-0.25, -0.2) is 4.39 Å². The van der Waals surface area contributed by atoms with Gasteiger partial charge < -0.3 is 19.9 Å². The molecular weight excluding hydrogens is 401 g/mol. The van der Waals surface area contributed by atoms with Crippen molar-refractivity contribution in [3.63, 3.8) is 0 Å². The Morgan fingerprint density at radius 1 is 1.27 bits per heavy atom. The highest BCUT2D eigenvalue weighted by Crippen LogP contribution is 2.45. The molecule has 1 aromatic heterocycles. The fourth-order valence-corrected chi connectivity index (χ4v) is 3.73. The number of pyridine rings is 1. The van der Waals surface area contributed by atoms with E-state index < -0.39 is 18.5 Å². The predicted octanol–water partition coefficient (Wildman–Crippen LogP) is 2.57. The number of aromatic nitrogens is 1. The summed E-state index contributed by atoms with van der Waals surface area (Å²) < 4.78 is 51.2. The zero-order valence-corrected chi connectivity index (χ0v) is 16.0. The quantitative estimate of drug-likeness (QED) is 0.637. The summed E-state index contributed by atoms with van der Waals surface area (Å²) in [6.07, 6.45) is -1.62. The predicted molar refractivity (Wildman–Crippen MR) is 104 cm³/mol. The lowest BCUT2D eigenvalue weighted by Gasteiger charge is -2.48. The van der Waals surface area contributed by atoms with Gasteiger partial charge in [-0.3, -0.25) is 14.9 Å². The molecule has 160 valence electrons. The minimum absolute atomic E-state index is 0.0490. The molecule has 2 N–H and O–H groups in total. The fourth-order valence-electron chi connectivity index (χ4n) is 3.73. The number of alkyl halides is 2. The van der Waals surface area contributed by atoms with Gasteiger partial charge in [0.2, 0.25) is 0 Å². The number of fused-ring (bicyclic) bond motifs is 2. The molecule has 3 saturated heterocycles. The number of aliphatic hydroxyl groups excluding tert-OH is 1. The Kier molecular flexibility index (Phi) is 5.63. The molecule has 2 aromatic rings. The molecule has 10 heteroatoms. The first-order chi connectivity index (χ1) is 14.4. The first-order valence-electron chi connectivity index (χ1n) is 9.43. The van der Waals surface area contributed by atoms with Crippen molar-refractivity contribution in [2.75, 3.05) is 26.4 Å². The molecule has 7 nitrogen and oxygen atoms in total. The van der Waals surface area contributed by atoms with E-state index in [0.717, 1.165) is 25.7 Å². The summed E-state index contributed by atoms with van der Waals surface area (Å²) in [6.45, 7) is 3.76. The highest BCUT2D eigenvalue weighted by molar-refractivity contribution is 5.79. The number of aliphatic imine (C=N–C) groups is 1. The van der Waals surface area contributed by atoms with Crippen molar-refractivity contribution >= 4 is 12.4 Å². The van der Waals surface area contributed by atoms with Crippen LogP contribution in [-0.4, -0.2) is 66.3 Å². The minimum atomic E-state index is -3.80. The number of piperidine rings is 1. The number of nitrogens with zero attached hydrogens (tertiary/aromatic N) is 3. The lowest BCUT2D eigenvalue weighted by Crippen LogP contribution is -2.67. The van der Waals surface area contributed by atoms with E-state index in [2.05, 4.69) is 31.6 Å². The molecule has 2 bridgehead atoms. The summed E-state index contributed by atoms with van der Waals surface area (Å²) >= 11 is 0. The topological polar surface area (TPSA) is 79.2 Å². The van der Waals surface area contributed by atoms with Crippen LogP contribution in [0.25, 0.3) is 11.3 Å². The van der Waals surface area contributed by atoms with Crippen molar-refractivity contribution in [3.05, 3.63) is 36.3 Å². The molecule has 0 saturated carbocycles. The number of rotatable bonds is 8. The second-order valence-corrected chi connectivity index (χ2v) is 7.31. The first-order valence-corrected chi connectivity index (χ1v) is 9.43. The van der Waals surface area contributed by atoms with E-state index in [9.17, 15) is 13.2 Å². The minimum Gasteiger partial charge on any atom is -0.475 e. The van der Waals surface area contributed by atoms with E-state index in [-0.39, 0.29) is 23.9 Å². The zero-order chi connectivity index (χ0) is 21.3. The second kappa shape index (κ2) is 8.21. The average Bonchev–Trinajstić information content (AvgIpc) is 2.72. The van der Waals surface area contributed by atoms with E-state index in [1.807, 2.05) is 0 Å². The normalized spacial score (nSPS) is 21.1. The molecule has 1 aromatic carbocycles. The van der Waals surface area contributed by atoms with Crippen LogP contribution in [0, 0.1) is 5.82 Å². The molecule has 3 aliphatic rings. The molecule has 4 heterocycles. The Labute approximate surface area is 171 Å². The van der Waals surface area contributed by atoms with Gasteiger partial charge in [0.1, 0.15) is 24.8 Å². The number of piperazine rings is 1. The molecule has 2 unspecified atom stereocenters. The Hall–Kier alpha value is -2.69. The standard InChI is InChI=1S/C20H21F3N4O3/c1-24-18-17(30-20(22,23)10-28)5-3-15(16-4-2-12(21)7-25-16)19(18)29-11-27-8-13-6-14(9-27)26-13/h2-5,7,13-14,26,28H,1,6,8-11H2. The van der Waals surface area contributed by atoms with Crippen molar-refractivity contribution in [2.24, 2.45) is 4.99 Å². The summed E-state index contributed by atoms with van der Waals surface area (Å²) in [5.74, 6) is -0.665. The lowest BCUT2D eigenvalue weighted by atomic mass is 9.92. The van der Waals surface area contributed by atoms with Gasteiger partial charge >= 0.3 is 6.11 Å². The molecule has 0 amide bonds. The SMILES string of the molecule is C=Nc1c(OC(F)(F)CO)ccc(-c2ccc(F)cn2)c1OCN1CC2CC(C1)N2. The van der Waals surface area contributed by atoms with Crippen molar-refractivity contribution in [2.45, 2.75) is 24.6 Å². The number of aliphatic hydroxyl groups is 1. The Balaban J connectivity index is 1.67. The fraction of sp³-hybridized carbons (Fsp3) is 0.400. The number of hydrogen-bond acceptors (Lipinski definition) is 7. The summed E-state index contributed by atoms with van der Waals surface area (Å²) in [7, 11) is 0. The van der Waals surface area contributed by atoms with Gasteiger partial charge in [-0.1, -0.05) is 0 Å². The van der Waals surface area contributed by atoms with Crippen LogP contribution < -0.4 is 14.8 Å². The summed E-state index contributed by atoms with van der Waals surface area (Å²) in [6, 6.07) is 6.26. The van der Waals surface area contributed by atoms with Gasteiger partial charge in [0.25, 0.3) is 0 Å². The third kappa shape index (κ3) is 4.25. The van der Waals surface area contributed by atoms with Crippen molar-refractivity contribution in [3.8, 4) is 22.8 Å². The number of ether oxygens (including phenoxy) is 2. The van der Waals surface area contributed by atoms with Gasteiger partial charge in [0.15, 0.2) is 11.5 Å². The van der Waals surface area contributed by atoms with Gasteiger partial charge in [0.05, 0.1) is 11.9 Å². The molecule has 30 heavy (non-hydrogen) atoms. The highest BCUT2D eigenvalue weighted by Gasteiger charge is 2.37. The van der Waals surface area contributed by atoms with E-state index in [4.69, 9.17) is 9.84 Å². The highest BCUT2D eigenvalue weighted by atomic mass is 19.3. The Morgan fingerprint density at radius 3 is 2.60 bits per heavy atom. The van der Waals surface area contributed by atoms with Crippen LogP contribution >= 0.6 is 0 Å². The summed E-state index contributed by atoms with van der Waals surface area (Å²) in [4.78, 5) is 9.98. The maximum absolute atomic E-state index is 13.6. The summed E-state index contributed by atoms with van der Waals surface area (Å²) in [5, 5.41) is 12.3. The van der Waals surface area contributed by atoms with Crippen molar-refractivity contribution < 1.29 is 27.8 Å². The van der Waals surface area contributed by atoms with Gasteiger partial charge in [-0.15, -0.1) is 0 Å². The monoisotopic (exact) mass is 422 g/mol. The average molecular weight is 422 g/mol. The number of halogens is 3. The number of nitrogens with one attached hydrogen (secondary N) is 1. The third-order valence-corrected chi connectivity index (χ3v) is 5.09. The smallest absolute Gasteiger partial charge is 0.421 e. The van der Waals surface area contributed by atoms with Crippen LogP contribution in [-0.2, 0) is 0 Å². The van der Waals surface area contributed by atoms with Gasteiger partial charge in [0, 0.05) is 30.7 Å². The van der Waals surface area contributed by atoms with E-state index >= 15 is 0 Å². The van der Waals surface area contributed by atoms with Crippen LogP contribution in [0.1, 0.15) is 6.42 Å². The summed E-state index contributed by atoms with van der Waals surface area (Å²) in [5.41, 5.74) is 0.754. The Morgan fingerprint density at radius 2 is 2.00 bits per heavy atom. The van der Waals surface area contributed by atoms with Crippen LogP contribution in [0.4, 0.5) is 18.9 Å². The maximum Gasteiger partial charge on any atom is 0.421 e. The molecule has 2 atom stereocenters. The molecular formula is C20H21F3N4O3. The van der Waals surface area contributed by atoms with Crippen LogP contribution in [0.15, 0.2) is 35.5 Å². The Bertz CT molecular complexity index is 910.